The molecule has 0 N–H and O–H groups in total. The molecular formula is C40H31N4OPt-. The molecule has 0 aliphatic rings. The van der Waals surface area contributed by atoms with Crippen LogP contribution in [-0.2, 0) is 28.1 Å². The first kappa shape index (κ1) is 29.7. The number of pyridine rings is 1. The predicted octanol–water partition coefficient (Wildman–Crippen LogP) is 9.92. The molecule has 0 spiro atoms. The number of ether oxygens (including phenoxy) is 1. The number of hydrogen-bond donors (Lipinski definition) is 0. The van der Waals surface area contributed by atoms with E-state index in [1.54, 1.807) is 0 Å². The summed E-state index contributed by atoms with van der Waals surface area (Å²) in [6.07, 6.45) is 3.96. The fraction of sp³-hybridized carbons (Fsp3) is 0.100. The maximum absolute atomic E-state index is 6.42. The Balaban J connectivity index is 0.00000338. The zero-order chi connectivity index (χ0) is 30.5. The maximum Gasteiger partial charge on any atom is 0.188 e. The van der Waals surface area contributed by atoms with E-state index in [9.17, 15) is 0 Å². The second kappa shape index (κ2) is 12.1. The van der Waals surface area contributed by atoms with Crippen LogP contribution in [0.1, 0.15) is 25.3 Å². The monoisotopic (exact) mass is 778 g/mol. The van der Waals surface area contributed by atoms with Crippen molar-refractivity contribution in [2.75, 3.05) is 0 Å². The van der Waals surface area contributed by atoms with Gasteiger partial charge in [-0.2, -0.15) is 12.1 Å². The van der Waals surface area contributed by atoms with Crippen LogP contribution in [0.15, 0.2) is 128 Å². The van der Waals surface area contributed by atoms with Gasteiger partial charge in [-0.05, 0) is 58.3 Å². The third-order valence-corrected chi connectivity index (χ3v) is 8.47. The van der Waals surface area contributed by atoms with Crippen molar-refractivity contribution in [1.29, 1.82) is 0 Å². The van der Waals surface area contributed by atoms with Crippen molar-refractivity contribution in [3.63, 3.8) is 0 Å². The summed E-state index contributed by atoms with van der Waals surface area (Å²) in [6.45, 7) is 4.47. The fourth-order valence-electron chi connectivity index (χ4n) is 6.35. The number of aryl methyl sites for hydroxylation is 1. The summed E-state index contributed by atoms with van der Waals surface area (Å²) in [5, 5.41) is 2.24. The molecule has 8 aromatic rings. The molecule has 6 heteroatoms. The van der Waals surface area contributed by atoms with Crippen LogP contribution in [0.3, 0.4) is 0 Å². The molecule has 228 valence electrons. The predicted molar refractivity (Wildman–Crippen MR) is 182 cm³/mol. The Kier molecular flexibility index (Phi) is 7.80. The summed E-state index contributed by atoms with van der Waals surface area (Å²) < 4.78 is 12.9. The molecule has 0 bridgehead atoms. The van der Waals surface area contributed by atoms with Gasteiger partial charge in [-0.25, -0.2) is 14.1 Å². The SMILES string of the molecule is CC(C)c1ccccc1-c1ccnc(-n2c3[c-]c(Oc4[c-]c(-n5[cH+]n(C)c6ccccc65)ccc4)ccc3c3ccccc32)c1.[Pt]. The molecule has 0 unspecified atom stereocenters. The first-order valence-electron chi connectivity index (χ1n) is 15.2. The number of hydrogen-bond acceptors (Lipinski definition) is 2. The van der Waals surface area contributed by atoms with E-state index in [-0.39, 0.29) is 21.1 Å². The van der Waals surface area contributed by atoms with Gasteiger partial charge in [-0.15, -0.1) is 29.7 Å². The minimum atomic E-state index is 0. The molecular weight excluding hydrogens is 748 g/mol. The number of fused-ring (bicyclic) bond motifs is 4. The van der Waals surface area contributed by atoms with Crippen LogP contribution in [0.25, 0.3) is 55.5 Å². The minimum Gasteiger partial charge on any atom is -0.508 e. The zero-order valence-electron chi connectivity index (χ0n) is 25.7. The van der Waals surface area contributed by atoms with E-state index in [0.717, 1.165) is 49.9 Å². The van der Waals surface area contributed by atoms with Gasteiger partial charge in [0.15, 0.2) is 17.4 Å². The van der Waals surface area contributed by atoms with Crippen LogP contribution in [0.2, 0.25) is 0 Å². The first-order chi connectivity index (χ1) is 22.0. The van der Waals surface area contributed by atoms with Gasteiger partial charge in [-0.3, -0.25) is 0 Å². The summed E-state index contributed by atoms with van der Waals surface area (Å²) in [4.78, 5) is 4.86. The van der Waals surface area contributed by atoms with Crippen LogP contribution in [0.4, 0.5) is 0 Å². The van der Waals surface area contributed by atoms with Crippen molar-refractivity contribution in [1.82, 2.24) is 18.7 Å². The second-order valence-corrected chi connectivity index (χ2v) is 11.7. The van der Waals surface area contributed by atoms with Gasteiger partial charge in [0, 0.05) is 69.1 Å². The number of rotatable bonds is 6. The number of para-hydroxylation sites is 3. The van der Waals surface area contributed by atoms with Crippen LogP contribution < -0.4 is 4.74 Å². The largest absolute Gasteiger partial charge is 0.508 e. The Morgan fingerprint density at radius 2 is 1.46 bits per heavy atom. The molecule has 5 aromatic carbocycles. The Hall–Kier alpha value is -4.99. The average Bonchev–Trinajstić information content (AvgIpc) is 3.59. The van der Waals surface area contributed by atoms with Gasteiger partial charge in [0.2, 0.25) is 0 Å². The quantitative estimate of drug-likeness (QED) is 0.158. The summed E-state index contributed by atoms with van der Waals surface area (Å²) in [5.74, 6) is 2.49. The van der Waals surface area contributed by atoms with Crippen LogP contribution in [0, 0.1) is 12.1 Å². The topological polar surface area (TPSA) is 36.9 Å². The second-order valence-electron chi connectivity index (χ2n) is 11.7. The molecule has 0 saturated carbocycles. The Morgan fingerprint density at radius 1 is 0.717 bits per heavy atom. The van der Waals surface area contributed by atoms with Gasteiger partial charge in [0.05, 0.1) is 0 Å². The third-order valence-electron chi connectivity index (χ3n) is 8.47. The fourth-order valence-corrected chi connectivity index (χ4v) is 6.35. The van der Waals surface area contributed by atoms with Crippen molar-refractivity contribution in [2.45, 2.75) is 19.8 Å². The smallest absolute Gasteiger partial charge is 0.188 e. The normalized spacial score (nSPS) is 11.4. The standard InChI is InChI=1S/C40H31N4O.Pt/c1-27(2)32-13-4-5-14-33(32)28-21-22-41-40(23-28)44-36-16-7-6-15-34(36)35-20-19-31(25-39(35)44)45-30-12-10-11-29(24-30)43-26-42(3)37-17-8-9-18-38(37)43;/h4-23,26-27H,1-3H3;/q-1;. The van der Waals surface area contributed by atoms with E-state index < -0.39 is 0 Å². The van der Waals surface area contributed by atoms with Crippen LogP contribution in [-0.4, -0.2) is 18.7 Å². The van der Waals surface area contributed by atoms with E-state index in [2.05, 4.69) is 144 Å². The molecule has 3 heterocycles. The summed E-state index contributed by atoms with van der Waals surface area (Å²) in [6, 6.07) is 46.8. The number of benzene rings is 5. The molecule has 3 aromatic heterocycles. The number of imidazole rings is 1. The summed E-state index contributed by atoms with van der Waals surface area (Å²) in [7, 11) is 2.05. The molecule has 5 nitrogen and oxygen atoms in total. The number of nitrogens with zero attached hydrogens (tertiary/aromatic N) is 4. The Morgan fingerprint density at radius 3 is 2.30 bits per heavy atom. The maximum atomic E-state index is 6.42. The molecule has 46 heavy (non-hydrogen) atoms. The van der Waals surface area contributed by atoms with Crippen molar-refractivity contribution in [2.24, 2.45) is 7.05 Å². The summed E-state index contributed by atoms with van der Waals surface area (Å²) >= 11 is 0. The van der Waals surface area contributed by atoms with Gasteiger partial charge in [0.1, 0.15) is 5.82 Å². The van der Waals surface area contributed by atoms with E-state index in [4.69, 9.17) is 9.72 Å². The van der Waals surface area contributed by atoms with Crippen molar-refractivity contribution < 1.29 is 25.8 Å². The molecule has 0 fully saturated rings. The van der Waals surface area contributed by atoms with Crippen LogP contribution in [0.5, 0.6) is 11.5 Å². The van der Waals surface area contributed by atoms with E-state index in [1.807, 2.05) is 30.5 Å². The van der Waals surface area contributed by atoms with Crippen LogP contribution >= 0.6 is 0 Å². The van der Waals surface area contributed by atoms with Crippen molar-refractivity contribution >= 4 is 32.8 Å². The van der Waals surface area contributed by atoms with E-state index in [1.165, 1.54) is 11.1 Å². The van der Waals surface area contributed by atoms with E-state index in [0.29, 0.717) is 17.4 Å². The molecule has 0 amide bonds. The summed E-state index contributed by atoms with van der Waals surface area (Å²) in [5.41, 5.74) is 8.83. The Labute approximate surface area is 282 Å². The third kappa shape index (κ3) is 5.11. The molecule has 0 radical (unpaired) electrons. The Bertz CT molecular complexity index is 2370. The first-order valence-corrected chi connectivity index (χ1v) is 15.2. The molecule has 8 rings (SSSR count). The number of aromatic nitrogens is 4. The van der Waals surface area contributed by atoms with Gasteiger partial charge in [-0.1, -0.05) is 67.9 Å². The zero-order valence-corrected chi connectivity index (χ0v) is 28.0. The minimum absolute atomic E-state index is 0. The van der Waals surface area contributed by atoms with Gasteiger partial charge >= 0.3 is 0 Å². The molecule has 0 saturated heterocycles. The van der Waals surface area contributed by atoms with Gasteiger partial charge < -0.3 is 9.30 Å². The van der Waals surface area contributed by atoms with E-state index >= 15 is 0 Å². The van der Waals surface area contributed by atoms with Gasteiger partial charge in [0.25, 0.3) is 0 Å². The average molecular weight is 779 g/mol. The molecule has 0 atom stereocenters. The molecule has 0 aliphatic carbocycles. The van der Waals surface area contributed by atoms with Crippen molar-refractivity contribution in [3.05, 3.63) is 145 Å². The van der Waals surface area contributed by atoms with Crippen molar-refractivity contribution in [3.8, 4) is 34.1 Å². The molecule has 0 aliphatic heterocycles.